The predicted octanol–water partition coefficient (Wildman–Crippen LogP) is 11.8. The van der Waals surface area contributed by atoms with Crippen LogP contribution in [0.1, 0.15) is 0 Å². The molecule has 9 rings (SSSR count). The molecule has 0 aliphatic carbocycles. The summed E-state index contributed by atoms with van der Waals surface area (Å²) in [6, 6.07) is 55.1. The van der Waals surface area contributed by atoms with Gasteiger partial charge in [-0.3, -0.25) is 0 Å². The SMILES string of the molecule is c1ccc(-c2c3ccccc3c(-c3ccccc3)c3cc(-c4c5ccccc5c(-c5cncnc5)c5ccccc45)ccc23)cc1. The lowest BCUT2D eigenvalue weighted by Crippen LogP contribution is -1.93. The van der Waals surface area contributed by atoms with Crippen LogP contribution in [0.4, 0.5) is 0 Å². The Morgan fingerprint density at radius 3 is 1.07 bits per heavy atom. The van der Waals surface area contributed by atoms with E-state index in [2.05, 4.69) is 162 Å². The highest BCUT2D eigenvalue weighted by molar-refractivity contribution is 6.24. The summed E-state index contributed by atoms with van der Waals surface area (Å²) in [5, 5.41) is 9.82. The average Bonchev–Trinajstić information content (AvgIpc) is 3.13. The standard InChI is InChI=1S/C44H28N2/c1-3-13-29(14-4-1)41-33-17-7-8-18-34(33)42(30-15-5-2-6-16-30)40-25-31(23-24-39(40)41)43-35-19-9-11-21-37(35)44(32-26-45-28-46-27-32)38-22-12-10-20-36(38)43/h1-28H. The maximum absolute atomic E-state index is 4.37. The van der Waals surface area contributed by atoms with Crippen LogP contribution < -0.4 is 0 Å². The molecule has 0 bridgehead atoms. The lowest BCUT2D eigenvalue weighted by atomic mass is 9.83. The third kappa shape index (κ3) is 4.12. The smallest absolute Gasteiger partial charge is 0.115 e. The van der Waals surface area contributed by atoms with Crippen LogP contribution in [0, 0.1) is 0 Å². The van der Waals surface area contributed by atoms with Crippen LogP contribution in [0.3, 0.4) is 0 Å². The van der Waals surface area contributed by atoms with Crippen molar-refractivity contribution in [2.45, 2.75) is 0 Å². The van der Waals surface area contributed by atoms with Crippen LogP contribution in [0.2, 0.25) is 0 Å². The second-order valence-corrected chi connectivity index (χ2v) is 11.8. The Hall–Kier alpha value is -6.12. The van der Waals surface area contributed by atoms with Gasteiger partial charge in [0.15, 0.2) is 0 Å². The molecule has 2 heteroatoms. The first kappa shape index (κ1) is 26.3. The number of benzene rings is 8. The molecule has 1 heterocycles. The zero-order valence-electron chi connectivity index (χ0n) is 25.1. The van der Waals surface area contributed by atoms with E-state index in [0.717, 1.165) is 5.56 Å². The van der Waals surface area contributed by atoms with Gasteiger partial charge in [0.25, 0.3) is 0 Å². The molecule has 8 aromatic carbocycles. The molecule has 0 aliphatic heterocycles. The summed E-state index contributed by atoms with van der Waals surface area (Å²) in [5.41, 5.74) is 9.59. The highest BCUT2D eigenvalue weighted by Gasteiger charge is 2.20. The van der Waals surface area contributed by atoms with Crippen molar-refractivity contribution in [2.75, 3.05) is 0 Å². The van der Waals surface area contributed by atoms with E-state index >= 15 is 0 Å². The number of hydrogen-bond donors (Lipinski definition) is 0. The summed E-state index contributed by atoms with van der Waals surface area (Å²) in [7, 11) is 0. The van der Waals surface area contributed by atoms with E-state index < -0.39 is 0 Å². The lowest BCUT2D eigenvalue weighted by molar-refractivity contribution is 1.17. The molecule has 0 saturated carbocycles. The summed E-state index contributed by atoms with van der Waals surface area (Å²) in [6.45, 7) is 0. The summed E-state index contributed by atoms with van der Waals surface area (Å²) in [5.74, 6) is 0. The fourth-order valence-electron chi connectivity index (χ4n) is 7.34. The zero-order valence-corrected chi connectivity index (χ0v) is 25.1. The number of aromatic nitrogens is 2. The Labute approximate surface area is 267 Å². The van der Waals surface area contributed by atoms with Gasteiger partial charge in [0.1, 0.15) is 6.33 Å². The van der Waals surface area contributed by atoms with Crippen LogP contribution >= 0.6 is 0 Å². The van der Waals surface area contributed by atoms with Crippen molar-refractivity contribution >= 4 is 43.1 Å². The first-order chi connectivity index (χ1) is 22.9. The van der Waals surface area contributed by atoms with Crippen LogP contribution in [0.5, 0.6) is 0 Å². The van der Waals surface area contributed by atoms with E-state index in [-0.39, 0.29) is 0 Å². The Balaban J connectivity index is 1.44. The van der Waals surface area contributed by atoms with Gasteiger partial charge in [-0.15, -0.1) is 0 Å². The van der Waals surface area contributed by atoms with Crippen molar-refractivity contribution in [1.82, 2.24) is 9.97 Å². The third-order valence-corrected chi connectivity index (χ3v) is 9.22. The highest BCUT2D eigenvalue weighted by atomic mass is 14.8. The minimum Gasteiger partial charge on any atom is -0.244 e. The van der Waals surface area contributed by atoms with E-state index in [1.54, 1.807) is 6.33 Å². The molecule has 9 aromatic rings. The Kier molecular flexibility index (Phi) is 6.17. The molecule has 2 nitrogen and oxygen atoms in total. The molecule has 0 atom stereocenters. The van der Waals surface area contributed by atoms with Gasteiger partial charge in [-0.05, 0) is 82.5 Å². The fraction of sp³-hybridized carbons (Fsp3) is 0. The van der Waals surface area contributed by atoms with Crippen LogP contribution in [0.25, 0.3) is 87.6 Å². The van der Waals surface area contributed by atoms with Gasteiger partial charge in [0, 0.05) is 23.5 Å². The molecule has 0 spiro atoms. The number of rotatable bonds is 4. The van der Waals surface area contributed by atoms with E-state index in [1.165, 1.54) is 82.0 Å². The van der Waals surface area contributed by atoms with Gasteiger partial charge >= 0.3 is 0 Å². The monoisotopic (exact) mass is 584 g/mol. The molecule has 0 fully saturated rings. The molecule has 0 aliphatic rings. The molecule has 0 unspecified atom stereocenters. The molecule has 0 N–H and O–H groups in total. The number of hydrogen-bond acceptors (Lipinski definition) is 2. The topological polar surface area (TPSA) is 25.8 Å². The molecule has 1 aromatic heterocycles. The highest BCUT2D eigenvalue weighted by Crippen LogP contribution is 2.47. The Morgan fingerprint density at radius 1 is 0.261 bits per heavy atom. The Morgan fingerprint density at radius 2 is 0.609 bits per heavy atom. The van der Waals surface area contributed by atoms with Gasteiger partial charge in [-0.1, -0.05) is 146 Å². The van der Waals surface area contributed by atoms with Crippen molar-refractivity contribution in [3.05, 3.63) is 170 Å². The summed E-state index contributed by atoms with van der Waals surface area (Å²) in [4.78, 5) is 8.75. The Bertz CT molecular complexity index is 2500. The van der Waals surface area contributed by atoms with Gasteiger partial charge in [0.2, 0.25) is 0 Å². The summed E-state index contributed by atoms with van der Waals surface area (Å²) >= 11 is 0. The quantitative estimate of drug-likeness (QED) is 0.192. The van der Waals surface area contributed by atoms with Crippen LogP contribution in [0.15, 0.2) is 170 Å². The van der Waals surface area contributed by atoms with Crippen LogP contribution in [-0.2, 0) is 0 Å². The van der Waals surface area contributed by atoms with E-state index in [0.29, 0.717) is 0 Å². The molecule has 214 valence electrons. The largest absolute Gasteiger partial charge is 0.244 e. The minimum absolute atomic E-state index is 1.02. The molecule has 0 radical (unpaired) electrons. The third-order valence-electron chi connectivity index (χ3n) is 9.22. The van der Waals surface area contributed by atoms with Crippen molar-refractivity contribution in [2.24, 2.45) is 0 Å². The van der Waals surface area contributed by atoms with Crippen molar-refractivity contribution in [1.29, 1.82) is 0 Å². The second kappa shape index (κ2) is 10.8. The van der Waals surface area contributed by atoms with E-state index in [4.69, 9.17) is 0 Å². The van der Waals surface area contributed by atoms with E-state index in [9.17, 15) is 0 Å². The zero-order chi connectivity index (χ0) is 30.5. The molecule has 0 amide bonds. The number of nitrogens with zero attached hydrogens (tertiary/aromatic N) is 2. The minimum atomic E-state index is 1.02. The molecule has 0 saturated heterocycles. The molecular formula is C44H28N2. The predicted molar refractivity (Wildman–Crippen MR) is 194 cm³/mol. The maximum Gasteiger partial charge on any atom is 0.115 e. The molecular weight excluding hydrogens is 556 g/mol. The van der Waals surface area contributed by atoms with Crippen molar-refractivity contribution in [3.63, 3.8) is 0 Å². The first-order valence-corrected chi connectivity index (χ1v) is 15.7. The fourth-order valence-corrected chi connectivity index (χ4v) is 7.34. The second-order valence-electron chi connectivity index (χ2n) is 11.8. The summed E-state index contributed by atoms with van der Waals surface area (Å²) in [6.07, 6.45) is 5.42. The van der Waals surface area contributed by atoms with Gasteiger partial charge < -0.3 is 0 Å². The van der Waals surface area contributed by atoms with Gasteiger partial charge in [-0.2, -0.15) is 0 Å². The summed E-state index contributed by atoms with van der Waals surface area (Å²) < 4.78 is 0. The van der Waals surface area contributed by atoms with Crippen molar-refractivity contribution in [3.8, 4) is 44.5 Å². The average molecular weight is 585 g/mol. The first-order valence-electron chi connectivity index (χ1n) is 15.7. The normalized spacial score (nSPS) is 11.5. The maximum atomic E-state index is 4.37. The molecule has 46 heavy (non-hydrogen) atoms. The van der Waals surface area contributed by atoms with Gasteiger partial charge in [-0.25, -0.2) is 9.97 Å². The van der Waals surface area contributed by atoms with Gasteiger partial charge in [0.05, 0.1) is 0 Å². The van der Waals surface area contributed by atoms with Crippen molar-refractivity contribution < 1.29 is 0 Å². The van der Waals surface area contributed by atoms with Crippen LogP contribution in [-0.4, -0.2) is 9.97 Å². The number of fused-ring (bicyclic) bond motifs is 4. The lowest BCUT2D eigenvalue weighted by Gasteiger charge is -2.20. The van der Waals surface area contributed by atoms with E-state index in [1.807, 2.05) is 12.4 Å².